The SMILES string of the molecule is CN(C)/C=C(\OC(=O)c1ccccc1)C(=O)c1ccc2ccccc2c1. The van der Waals surface area contributed by atoms with E-state index < -0.39 is 5.97 Å². The molecule has 0 bridgehead atoms. The lowest BCUT2D eigenvalue weighted by molar-refractivity contribution is 0.0583. The molecule has 0 saturated carbocycles. The van der Waals surface area contributed by atoms with Gasteiger partial charge in [0.2, 0.25) is 5.78 Å². The van der Waals surface area contributed by atoms with E-state index in [1.165, 1.54) is 6.20 Å². The van der Waals surface area contributed by atoms with Crippen LogP contribution in [0.25, 0.3) is 10.8 Å². The lowest BCUT2D eigenvalue weighted by atomic mass is 10.0. The highest BCUT2D eigenvalue weighted by Crippen LogP contribution is 2.19. The Balaban J connectivity index is 1.91. The maximum absolute atomic E-state index is 12.9. The fourth-order valence-corrected chi connectivity index (χ4v) is 2.57. The Morgan fingerprint density at radius 2 is 1.46 bits per heavy atom. The zero-order chi connectivity index (χ0) is 18.5. The van der Waals surface area contributed by atoms with Crippen molar-refractivity contribution in [1.82, 2.24) is 4.90 Å². The van der Waals surface area contributed by atoms with Crippen LogP contribution in [0.1, 0.15) is 20.7 Å². The standard InChI is InChI=1S/C22H19NO3/c1-23(2)15-20(26-22(25)17-9-4-3-5-10-17)21(24)19-13-12-16-8-6-7-11-18(16)14-19/h3-15H,1-2H3/b20-15-. The minimum atomic E-state index is -0.562. The van der Waals surface area contributed by atoms with Crippen LogP contribution in [0.5, 0.6) is 0 Å². The second kappa shape index (κ2) is 7.66. The lowest BCUT2D eigenvalue weighted by Crippen LogP contribution is -2.16. The predicted octanol–water partition coefficient (Wildman–Crippen LogP) is 4.28. The first-order valence-electron chi connectivity index (χ1n) is 8.23. The number of hydrogen-bond donors (Lipinski definition) is 0. The van der Waals surface area contributed by atoms with E-state index in [2.05, 4.69) is 0 Å². The number of carbonyl (C=O) groups excluding carboxylic acids is 2. The van der Waals surface area contributed by atoms with Gasteiger partial charge >= 0.3 is 5.97 Å². The quantitative estimate of drug-likeness (QED) is 0.300. The van der Waals surface area contributed by atoms with Crippen LogP contribution in [0.3, 0.4) is 0 Å². The Hall–Kier alpha value is -3.40. The number of benzene rings is 3. The van der Waals surface area contributed by atoms with E-state index in [0.29, 0.717) is 11.1 Å². The molecular formula is C22H19NO3. The molecule has 3 rings (SSSR count). The van der Waals surface area contributed by atoms with Crippen molar-refractivity contribution in [3.8, 4) is 0 Å². The van der Waals surface area contributed by atoms with E-state index in [1.54, 1.807) is 55.4 Å². The molecule has 0 aliphatic heterocycles. The number of ketones is 1. The highest BCUT2D eigenvalue weighted by Gasteiger charge is 2.19. The van der Waals surface area contributed by atoms with Gasteiger partial charge in [-0.05, 0) is 29.0 Å². The van der Waals surface area contributed by atoms with Gasteiger partial charge in [0, 0.05) is 25.9 Å². The largest absolute Gasteiger partial charge is 0.417 e. The molecule has 0 amide bonds. The van der Waals surface area contributed by atoms with Crippen molar-refractivity contribution >= 4 is 22.5 Å². The van der Waals surface area contributed by atoms with E-state index in [-0.39, 0.29) is 11.5 Å². The number of rotatable bonds is 5. The van der Waals surface area contributed by atoms with Crippen LogP contribution in [0.15, 0.2) is 84.8 Å². The molecule has 4 heteroatoms. The molecule has 0 heterocycles. The second-order valence-corrected chi connectivity index (χ2v) is 6.10. The van der Waals surface area contributed by atoms with Crippen molar-refractivity contribution in [2.75, 3.05) is 14.1 Å². The van der Waals surface area contributed by atoms with Gasteiger partial charge in [-0.25, -0.2) is 4.79 Å². The summed E-state index contributed by atoms with van der Waals surface area (Å²) in [4.78, 5) is 26.9. The smallest absolute Gasteiger partial charge is 0.343 e. The van der Waals surface area contributed by atoms with Crippen LogP contribution >= 0.6 is 0 Å². The van der Waals surface area contributed by atoms with Gasteiger partial charge in [-0.1, -0.05) is 54.6 Å². The van der Waals surface area contributed by atoms with Crippen LogP contribution in [0, 0.1) is 0 Å². The topological polar surface area (TPSA) is 46.6 Å². The molecule has 0 atom stereocenters. The highest BCUT2D eigenvalue weighted by atomic mass is 16.5. The number of nitrogens with zero attached hydrogens (tertiary/aromatic N) is 1. The Bertz CT molecular complexity index is 975. The Labute approximate surface area is 152 Å². The third-order valence-corrected chi connectivity index (χ3v) is 3.82. The van der Waals surface area contributed by atoms with E-state index in [9.17, 15) is 9.59 Å². The van der Waals surface area contributed by atoms with Crippen LogP contribution in [0.4, 0.5) is 0 Å². The van der Waals surface area contributed by atoms with Crippen molar-refractivity contribution in [1.29, 1.82) is 0 Å². The average Bonchev–Trinajstić information content (AvgIpc) is 2.66. The van der Waals surface area contributed by atoms with E-state index in [4.69, 9.17) is 4.74 Å². The molecule has 0 aliphatic rings. The molecule has 3 aromatic rings. The first-order valence-corrected chi connectivity index (χ1v) is 8.23. The van der Waals surface area contributed by atoms with Gasteiger partial charge in [0.25, 0.3) is 0 Å². The number of ether oxygens (including phenoxy) is 1. The Morgan fingerprint density at radius 1 is 0.808 bits per heavy atom. The van der Waals surface area contributed by atoms with E-state index in [1.807, 2.05) is 36.4 Å². The maximum Gasteiger partial charge on any atom is 0.343 e. The molecule has 4 nitrogen and oxygen atoms in total. The number of esters is 1. The first-order chi connectivity index (χ1) is 12.5. The average molecular weight is 345 g/mol. The zero-order valence-electron chi connectivity index (χ0n) is 14.7. The fraction of sp³-hybridized carbons (Fsp3) is 0.0909. The monoisotopic (exact) mass is 345 g/mol. The summed E-state index contributed by atoms with van der Waals surface area (Å²) < 4.78 is 5.41. The summed E-state index contributed by atoms with van der Waals surface area (Å²) in [5, 5.41) is 2.00. The van der Waals surface area contributed by atoms with E-state index >= 15 is 0 Å². The van der Waals surface area contributed by atoms with Crippen LogP contribution < -0.4 is 0 Å². The van der Waals surface area contributed by atoms with Crippen molar-refractivity contribution in [3.63, 3.8) is 0 Å². The van der Waals surface area contributed by atoms with Gasteiger partial charge < -0.3 is 9.64 Å². The molecule has 26 heavy (non-hydrogen) atoms. The predicted molar refractivity (Wildman–Crippen MR) is 102 cm³/mol. The molecule has 0 aromatic heterocycles. The zero-order valence-corrected chi connectivity index (χ0v) is 14.7. The molecule has 0 radical (unpaired) electrons. The van der Waals surface area contributed by atoms with Crippen molar-refractivity contribution in [2.24, 2.45) is 0 Å². The minimum absolute atomic E-state index is 0.0147. The number of allylic oxidation sites excluding steroid dienone is 1. The van der Waals surface area contributed by atoms with Crippen LogP contribution in [-0.4, -0.2) is 30.7 Å². The number of carbonyl (C=O) groups is 2. The van der Waals surface area contributed by atoms with Gasteiger partial charge in [-0.3, -0.25) is 4.79 Å². The third-order valence-electron chi connectivity index (χ3n) is 3.82. The number of hydrogen-bond acceptors (Lipinski definition) is 4. The normalized spacial score (nSPS) is 11.2. The molecule has 0 N–H and O–H groups in total. The summed E-state index contributed by atoms with van der Waals surface area (Å²) in [6.45, 7) is 0. The van der Waals surface area contributed by atoms with Gasteiger partial charge in [0.05, 0.1) is 5.56 Å². The highest BCUT2D eigenvalue weighted by molar-refractivity contribution is 6.10. The summed E-state index contributed by atoms with van der Waals surface area (Å²) in [6.07, 6.45) is 1.51. The molecule has 3 aromatic carbocycles. The van der Waals surface area contributed by atoms with Gasteiger partial charge in [0.15, 0.2) is 5.76 Å². The first kappa shape index (κ1) is 17.4. The van der Waals surface area contributed by atoms with Crippen LogP contribution in [0.2, 0.25) is 0 Å². The maximum atomic E-state index is 12.9. The third kappa shape index (κ3) is 3.98. The lowest BCUT2D eigenvalue weighted by Gasteiger charge is -2.12. The van der Waals surface area contributed by atoms with Crippen molar-refractivity contribution in [3.05, 3.63) is 95.9 Å². The Kier molecular flexibility index (Phi) is 5.13. The van der Waals surface area contributed by atoms with Gasteiger partial charge in [-0.15, -0.1) is 0 Å². The number of Topliss-reactive ketones (excluding diaryl/α,β-unsaturated/α-hetero) is 1. The molecule has 0 spiro atoms. The summed E-state index contributed by atoms with van der Waals surface area (Å²) in [7, 11) is 3.54. The van der Waals surface area contributed by atoms with Crippen LogP contribution in [-0.2, 0) is 4.74 Å². The molecule has 130 valence electrons. The van der Waals surface area contributed by atoms with Gasteiger partial charge in [0.1, 0.15) is 0 Å². The van der Waals surface area contributed by atoms with Crippen molar-refractivity contribution < 1.29 is 14.3 Å². The molecule has 0 unspecified atom stereocenters. The second-order valence-electron chi connectivity index (χ2n) is 6.10. The molecule has 0 saturated heterocycles. The summed E-state index contributed by atoms with van der Waals surface area (Å²) in [5.41, 5.74) is 0.862. The summed E-state index contributed by atoms with van der Waals surface area (Å²) >= 11 is 0. The molecule has 0 fully saturated rings. The van der Waals surface area contributed by atoms with Gasteiger partial charge in [-0.2, -0.15) is 0 Å². The van der Waals surface area contributed by atoms with E-state index in [0.717, 1.165) is 10.8 Å². The molecular weight excluding hydrogens is 326 g/mol. The summed E-state index contributed by atoms with van der Waals surface area (Å²) in [5.74, 6) is -0.916. The van der Waals surface area contributed by atoms with Crippen molar-refractivity contribution in [2.45, 2.75) is 0 Å². The fourth-order valence-electron chi connectivity index (χ4n) is 2.57. The summed E-state index contributed by atoms with van der Waals surface area (Å²) in [6, 6.07) is 21.8. The molecule has 0 aliphatic carbocycles. The Morgan fingerprint density at radius 3 is 2.15 bits per heavy atom. The minimum Gasteiger partial charge on any atom is -0.417 e. The number of fused-ring (bicyclic) bond motifs is 1.